The standard InChI is InChI=1S/C16H22ClN3O5S/c1-24-14-11(18)13(22)9(7-21)25-16(14)26-10-5-8(17)6-19-12(10)15(23)20-3-2-4-20/h5-6,9,11,13-14,16,21-22H,2-4,7,18H2,1H3. The number of hydrogen-bond donors (Lipinski definition) is 3. The number of carbonyl (C=O) groups excluding carboxylic acids is 1. The van der Waals surface area contributed by atoms with E-state index in [9.17, 15) is 15.0 Å². The lowest BCUT2D eigenvalue weighted by atomic mass is 9.98. The maximum atomic E-state index is 12.6. The molecule has 2 fully saturated rings. The number of aliphatic hydroxyl groups excluding tert-OH is 2. The summed E-state index contributed by atoms with van der Waals surface area (Å²) >= 11 is 7.27. The smallest absolute Gasteiger partial charge is 0.273 e. The SMILES string of the molecule is COC1C(Sc2cc(Cl)cnc2C(=O)N2CCC2)OC(CO)C(O)C1N. The van der Waals surface area contributed by atoms with Gasteiger partial charge in [-0.1, -0.05) is 23.4 Å². The molecule has 0 aliphatic carbocycles. The highest BCUT2D eigenvalue weighted by Crippen LogP contribution is 2.36. The number of methoxy groups -OCH3 is 1. The molecule has 144 valence electrons. The van der Waals surface area contributed by atoms with Crippen molar-refractivity contribution in [2.24, 2.45) is 5.73 Å². The molecule has 5 atom stereocenters. The number of carbonyl (C=O) groups is 1. The molecule has 0 saturated carbocycles. The maximum absolute atomic E-state index is 12.6. The highest BCUT2D eigenvalue weighted by atomic mass is 35.5. The molecule has 3 rings (SSSR count). The Balaban J connectivity index is 1.86. The Bertz CT molecular complexity index is 663. The number of nitrogens with zero attached hydrogens (tertiary/aromatic N) is 2. The van der Waals surface area contributed by atoms with Crippen molar-refractivity contribution in [2.75, 3.05) is 26.8 Å². The predicted molar refractivity (Wildman–Crippen MR) is 96.2 cm³/mol. The average Bonchev–Trinajstić information content (AvgIpc) is 2.56. The van der Waals surface area contributed by atoms with Gasteiger partial charge in [0.15, 0.2) is 0 Å². The Kier molecular flexibility index (Phi) is 6.39. The largest absolute Gasteiger partial charge is 0.394 e. The molecule has 1 amide bonds. The molecule has 10 heteroatoms. The van der Waals surface area contributed by atoms with Gasteiger partial charge in [-0.3, -0.25) is 4.79 Å². The quantitative estimate of drug-likeness (QED) is 0.633. The van der Waals surface area contributed by atoms with Crippen molar-refractivity contribution < 1.29 is 24.5 Å². The second kappa shape index (κ2) is 8.39. The van der Waals surface area contributed by atoms with Gasteiger partial charge in [0.1, 0.15) is 29.4 Å². The first-order chi connectivity index (χ1) is 12.5. The predicted octanol–water partition coefficient (Wildman–Crippen LogP) is 0.0934. The molecular formula is C16H22ClN3O5S. The summed E-state index contributed by atoms with van der Waals surface area (Å²) in [6.45, 7) is 1.03. The fourth-order valence-corrected chi connectivity index (χ4v) is 4.48. The highest BCUT2D eigenvalue weighted by Gasteiger charge is 2.44. The van der Waals surface area contributed by atoms with Gasteiger partial charge in [-0.15, -0.1) is 0 Å². The summed E-state index contributed by atoms with van der Waals surface area (Å²) in [7, 11) is 1.47. The van der Waals surface area contributed by atoms with Crippen LogP contribution in [-0.2, 0) is 9.47 Å². The van der Waals surface area contributed by atoms with Crippen molar-refractivity contribution in [3.8, 4) is 0 Å². The van der Waals surface area contributed by atoms with Crippen LogP contribution < -0.4 is 5.73 Å². The molecule has 1 aromatic heterocycles. The van der Waals surface area contributed by atoms with Gasteiger partial charge in [0.25, 0.3) is 5.91 Å². The molecule has 5 unspecified atom stereocenters. The third-order valence-electron chi connectivity index (χ3n) is 4.59. The summed E-state index contributed by atoms with van der Waals surface area (Å²) in [5.41, 5.74) is 5.70. The van der Waals surface area contributed by atoms with E-state index >= 15 is 0 Å². The summed E-state index contributed by atoms with van der Waals surface area (Å²) in [6.07, 6.45) is -0.120. The second-order valence-electron chi connectivity index (χ2n) is 6.26. The Labute approximate surface area is 160 Å². The number of likely N-dealkylation sites (tertiary alicyclic amines) is 1. The van der Waals surface area contributed by atoms with Crippen LogP contribution in [0.5, 0.6) is 0 Å². The normalized spacial score (nSPS) is 31.6. The molecule has 2 saturated heterocycles. The van der Waals surface area contributed by atoms with E-state index in [1.165, 1.54) is 25.1 Å². The van der Waals surface area contributed by atoms with E-state index in [-0.39, 0.29) is 18.2 Å². The molecule has 1 aromatic rings. The van der Waals surface area contributed by atoms with E-state index in [1.54, 1.807) is 11.0 Å². The van der Waals surface area contributed by atoms with E-state index < -0.39 is 29.8 Å². The van der Waals surface area contributed by atoms with Gasteiger partial charge in [0.05, 0.1) is 17.7 Å². The molecule has 26 heavy (non-hydrogen) atoms. The van der Waals surface area contributed by atoms with Crippen LogP contribution in [0.25, 0.3) is 0 Å². The molecule has 0 radical (unpaired) electrons. The first-order valence-corrected chi connectivity index (χ1v) is 9.56. The minimum absolute atomic E-state index is 0.164. The number of pyridine rings is 1. The van der Waals surface area contributed by atoms with Crippen molar-refractivity contribution in [2.45, 2.75) is 41.1 Å². The van der Waals surface area contributed by atoms with E-state index in [2.05, 4.69) is 4.98 Å². The van der Waals surface area contributed by atoms with Crippen LogP contribution in [0.4, 0.5) is 0 Å². The number of hydrogen-bond acceptors (Lipinski definition) is 8. The first kappa shape index (κ1) is 19.8. The fourth-order valence-electron chi connectivity index (χ4n) is 2.93. The number of rotatable bonds is 5. The van der Waals surface area contributed by atoms with Gasteiger partial charge in [-0.05, 0) is 12.5 Å². The number of aliphatic hydroxyl groups is 2. The third-order valence-corrected chi connectivity index (χ3v) is 5.98. The van der Waals surface area contributed by atoms with Crippen molar-refractivity contribution in [3.63, 3.8) is 0 Å². The molecule has 0 aromatic carbocycles. The topological polar surface area (TPSA) is 118 Å². The van der Waals surface area contributed by atoms with E-state index in [4.69, 9.17) is 26.8 Å². The Morgan fingerprint density at radius 2 is 2.31 bits per heavy atom. The molecule has 0 bridgehead atoms. The summed E-state index contributed by atoms with van der Waals surface area (Å²) in [4.78, 5) is 19.1. The van der Waals surface area contributed by atoms with Crippen LogP contribution >= 0.6 is 23.4 Å². The van der Waals surface area contributed by atoms with Gasteiger partial charge >= 0.3 is 0 Å². The lowest BCUT2D eigenvalue weighted by molar-refractivity contribution is -0.167. The monoisotopic (exact) mass is 403 g/mol. The van der Waals surface area contributed by atoms with Crippen molar-refractivity contribution >= 4 is 29.3 Å². The van der Waals surface area contributed by atoms with Crippen LogP contribution in [0.1, 0.15) is 16.9 Å². The summed E-state index contributed by atoms with van der Waals surface area (Å²) in [5.74, 6) is -0.164. The summed E-state index contributed by atoms with van der Waals surface area (Å²) in [5, 5.41) is 20.0. The van der Waals surface area contributed by atoms with Gasteiger partial charge in [-0.25, -0.2) is 4.98 Å². The maximum Gasteiger partial charge on any atom is 0.273 e. The molecule has 0 spiro atoms. The van der Waals surface area contributed by atoms with Crippen LogP contribution in [0, 0.1) is 0 Å². The van der Waals surface area contributed by atoms with E-state index in [0.29, 0.717) is 23.0 Å². The van der Waals surface area contributed by atoms with Gasteiger partial charge in [0, 0.05) is 31.3 Å². The summed E-state index contributed by atoms with van der Waals surface area (Å²) in [6, 6.07) is 0.900. The van der Waals surface area contributed by atoms with E-state index in [1.807, 2.05) is 0 Å². The fraction of sp³-hybridized carbons (Fsp3) is 0.625. The molecule has 2 aliphatic rings. The molecule has 8 nitrogen and oxygen atoms in total. The third kappa shape index (κ3) is 3.84. The zero-order chi connectivity index (χ0) is 18.8. The number of halogens is 1. The Morgan fingerprint density at radius 1 is 1.58 bits per heavy atom. The second-order valence-corrected chi connectivity index (χ2v) is 7.83. The minimum atomic E-state index is -1.05. The lowest BCUT2D eigenvalue weighted by Gasteiger charge is -2.42. The number of thioether (sulfide) groups is 1. The number of nitrogens with two attached hydrogens (primary N) is 1. The number of aromatic nitrogens is 1. The van der Waals surface area contributed by atoms with Gasteiger partial charge in [-0.2, -0.15) is 0 Å². The Morgan fingerprint density at radius 3 is 2.88 bits per heavy atom. The van der Waals surface area contributed by atoms with Gasteiger partial charge in [0.2, 0.25) is 0 Å². The zero-order valence-corrected chi connectivity index (χ0v) is 15.8. The molecule has 4 N–H and O–H groups in total. The van der Waals surface area contributed by atoms with Gasteiger partial charge < -0.3 is 30.3 Å². The van der Waals surface area contributed by atoms with Crippen molar-refractivity contribution in [1.29, 1.82) is 0 Å². The minimum Gasteiger partial charge on any atom is -0.394 e. The lowest BCUT2D eigenvalue weighted by Crippen LogP contribution is -2.61. The molecular weight excluding hydrogens is 382 g/mol. The average molecular weight is 404 g/mol. The van der Waals surface area contributed by atoms with Crippen LogP contribution in [0.15, 0.2) is 17.2 Å². The van der Waals surface area contributed by atoms with Crippen LogP contribution in [0.3, 0.4) is 0 Å². The molecule has 3 heterocycles. The highest BCUT2D eigenvalue weighted by molar-refractivity contribution is 8.00. The number of amides is 1. The Hall–Kier alpha value is -0.940. The first-order valence-electron chi connectivity index (χ1n) is 8.30. The van der Waals surface area contributed by atoms with Crippen molar-refractivity contribution in [1.82, 2.24) is 9.88 Å². The summed E-state index contributed by atoms with van der Waals surface area (Å²) < 4.78 is 11.2. The zero-order valence-electron chi connectivity index (χ0n) is 14.2. The van der Waals surface area contributed by atoms with Crippen molar-refractivity contribution in [3.05, 3.63) is 23.0 Å². The van der Waals surface area contributed by atoms with Crippen LogP contribution in [-0.4, -0.2) is 82.6 Å². The molecule has 2 aliphatic heterocycles. The van der Waals surface area contributed by atoms with Crippen LogP contribution in [0.2, 0.25) is 5.02 Å². The number of ether oxygens (including phenoxy) is 2. The van der Waals surface area contributed by atoms with E-state index in [0.717, 1.165) is 6.42 Å².